The number of hydrogen-bond donors (Lipinski definition) is 3. The van der Waals surface area contributed by atoms with Crippen LogP contribution in [0.5, 0.6) is 0 Å². The highest BCUT2D eigenvalue weighted by molar-refractivity contribution is 6.09. The van der Waals surface area contributed by atoms with Gasteiger partial charge >= 0.3 is 0 Å². The maximum Gasteiger partial charge on any atom is 0.236 e. The minimum atomic E-state index is -0.742. The van der Waals surface area contributed by atoms with Crippen LogP contribution >= 0.6 is 0 Å². The lowest BCUT2D eigenvalue weighted by Crippen LogP contribution is -2.53. The monoisotopic (exact) mass is 256 g/mol. The maximum absolute atomic E-state index is 12.3. The van der Waals surface area contributed by atoms with Crippen LogP contribution in [0.4, 0.5) is 0 Å². The fourth-order valence-corrected chi connectivity index (χ4v) is 2.42. The van der Waals surface area contributed by atoms with Crippen LogP contribution < -0.4 is 5.73 Å². The van der Waals surface area contributed by atoms with Gasteiger partial charge in [0.15, 0.2) is 5.84 Å². The summed E-state index contributed by atoms with van der Waals surface area (Å²) in [6.07, 6.45) is 1.33. The third-order valence-corrected chi connectivity index (χ3v) is 3.83. The van der Waals surface area contributed by atoms with Crippen molar-refractivity contribution in [3.8, 4) is 0 Å². The fraction of sp³-hybridized carbons (Fsp3) is 0.818. The number of amides is 1. The molecule has 0 radical (unpaired) electrons. The molecular weight excluding hydrogens is 236 g/mol. The second-order valence-corrected chi connectivity index (χ2v) is 4.92. The Bertz CT molecular complexity index is 346. The van der Waals surface area contributed by atoms with Gasteiger partial charge in [-0.3, -0.25) is 9.69 Å². The van der Waals surface area contributed by atoms with Gasteiger partial charge in [0, 0.05) is 32.7 Å². The Kier molecular flexibility index (Phi) is 3.72. The molecule has 1 saturated carbocycles. The summed E-state index contributed by atoms with van der Waals surface area (Å²) in [6, 6.07) is 0. The molecule has 1 amide bonds. The highest BCUT2D eigenvalue weighted by atomic mass is 16.4. The van der Waals surface area contributed by atoms with E-state index in [-0.39, 0.29) is 18.3 Å². The zero-order chi connectivity index (χ0) is 13.2. The van der Waals surface area contributed by atoms with Crippen molar-refractivity contribution in [1.29, 1.82) is 0 Å². The molecule has 2 fully saturated rings. The van der Waals surface area contributed by atoms with E-state index in [4.69, 9.17) is 16.0 Å². The van der Waals surface area contributed by atoms with E-state index < -0.39 is 5.41 Å². The predicted octanol–water partition coefficient (Wildman–Crippen LogP) is -1.35. The quantitative estimate of drug-likeness (QED) is 0.250. The minimum Gasteiger partial charge on any atom is -0.409 e. The van der Waals surface area contributed by atoms with Gasteiger partial charge in [0.2, 0.25) is 5.91 Å². The first-order valence-corrected chi connectivity index (χ1v) is 6.24. The molecule has 0 aromatic rings. The van der Waals surface area contributed by atoms with E-state index in [0.29, 0.717) is 32.5 Å². The summed E-state index contributed by atoms with van der Waals surface area (Å²) >= 11 is 0. The third kappa shape index (κ3) is 2.28. The largest absolute Gasteiger partial charge is 0.409 e. The lowest BCUT2D eigenvalue weighted by atomic mass is 10.0. The summed E-state index contributed by atoms with van der Waals surface area (Å²) in [5.41, 5.74) is 4.86. The molecule has 0 aromatic heterocycles. The van der Waals surface area contributed by atoms with Crippen molar-refractivity contribution in [2.45, 2.75) is 12.8 Å². The molecule has 4 N–H and O–H groups in total. The molecule has 0 unspecified atom stereocenters. The van der Waals surface area contributed by atoms with E-state index in [0.717, 1.165) is 13.1 Å². The molecule has 0 atom stereocenters. The van der Waals surface area contributed by atoms with Gasteiger partial charge in [0.25, 0.3) is 0 Å². The van der Waals surface area contributed by atoms with Crippen LogP contribution in [0, 0.1) is 5.41 Å². The average Bonchev–Trinajstić information content (AvgIpc) is 3.20. The second-order valence-electron chi connectivity index (χ2n) is 4.92. The second kappa shape index (κ2) is 5.11. The fourth-order valence-electron chi connectivity index (χ4n) is 2.42. The molecule has 7 nitrogen and oxygen atoms in total. The Hall–Kier alpha value is -1.34. The number of nitrogens with two attached hydrogens (primary N) is 1. The van der Waals surface area contributed by atoms with E-state index in [1.807, 2.05) is 0 Å². The number of oxime groups is 1. The smallest absolute Gasteiger partial charge is 0.236 e. The molecule has 2 rings (SSSR count). The van der Waals surface area contributed by atoms with E-state index in [2.05, 4.69) is 10.1 Å². The Morgan fingerprint density at radius 2 is 1.89 bits per heavy atom. The number of carbonyl (C=O) groups is 1. The predicted molar refractivity (Wildman–Crippen MR) is 65.2 cm³/mol. The van der Waals surface area contributed by atoms with E-state index >= 15 is 0 Å². The zero-order valence-corrected chi connectivity index (χ0v) is 10.4. The topological polar surface area (TPSA) is 102 Å². The van der Waals surface area contributed by atoms with Crippen molar-refractivity contribution in [2.75, 3.05) is 39.3 Å². The van der Waals surface area contributed by atoms with Crippen molar-refractivity contribution < 1.29 is 15.1 Å². The Morgan fingerprint density at radius 1 is 1.28 bits per heavy atom. The van der Waals surface area contributed by atoms with Gasteiger partial charge in [-0.2, -0.15) is 0 Å². The van der Waals surface area contributed by atoms with E-state index in [9.17, 15) is 4.79 Å². The Balaban J connectivity index is 1.92. The van der Waals surface area contributed by atoms with Crippen molar-refractivity contribution >= 4 is 11.7 Å². The van der Waals surface area contributed by atoms with Gasteiger partial charge in [-0.15, -0.1) is 0 Å². The first-order valence-electron chi connectivity index (χ1n) is 6.24. The Labute approximate surface area is 106 Å². The first-order chi connectivity index (χ1) is 8.64. The van der Waals surface area contributed by atoms with Gasteiger partial charge in [-0.05, 0) is 12.8 Å². The van der Waals surface area contributed by atoms with Crippen molar-refractivity contribution in [1.82, 2.24) is 9.80 Å². The van der Waals surface area contributed by atoms with Gasteiger partial charge in [0.1, 0.15) is 5.41 Å². The lowest BCUT2D eigenvalue weighted by molar-refractivity contribution is -0.136. The summed E-state index contributed by atoms with van der Waals surface area (Å²) in [6.45, 7) is 3.59. The van der Waals surface area contributed by atoms with Crippen molar-refractivity contribution in [2.24, 2.45) is 16.3 Å². The number of nitrogens with zero attached hydrogens (tertiary/aromatic N) is 3. The number of β-amino-alcohol motifs (C(OH)–C–C–N with tert-alkyl or cyclic N) is 1. The van der Waals surface area contributed by atoms with Crippen LogP contribution in [0.2, 0.25) is 0 Å². The van der Waals surface area contributed by atoms with E-state index in [1.54, 1.807) is 4.90 Å². The third-order valence-electron chi connectivity index (χ3n) is 3.83. The van der Waals surface area contributed by atoms with Crippen LogP contribution in [-0.4, -0.2) is 71.2 Å². The first kappa shape index (κ1) is 13.1. The normalized spacial score (nSPS) is 24.1. The lowest BCUT2D eigenvalue weighted by Gasteiger charge is -2.36. The molecular formula is C11H20N4O3. The number of aliphatic hydroxyl groups excluding tert-OH is 1. The molecule has 0 bridgehead atoms. The number of hydrogen-bond acceptors (Lipinski definition) is 5. The van der Waals surface area contributed by atoms with Crippen LogP contribution in [-0.2, 0) is 4.79 Å². The van der Waals surface area contributed by atoms with Gasteiger partial charge in [-0.1, -0.05) is 5.16 Å². The van der Waals surface area contributed by atoms with Gasteiger partial charge < -0.3 is 20.9 Å². The number of carbonyl (C=O) groups excluding carboxylic acids is 1. The number of piperazine rings is 1. The van der Waals surface area contributed by atoms with Crippen molar-refractivity contribution in [3.05, 3.63) is 0 Å². The van der Waals surface area contributed by atoms with Crippen LogP contribution in [0.3, 0.4) is 0 Å². The molecule has 18 heavy (non-hydrogen) atoms. The summed E-state index contributed by atoms with van der Waals surface area (Å²) < 4.78 is 0. The number of rotatable bonds is 4. The molecule has 1 aliphatic carbocycles. The van der Waals surface area contributed by atoms with Crippen LogP contribution in [0.25, 0.3) is 0 Å². The Morgan fingerprint density at radius 3 is 2.33 bits per heavy atom. The van der Waals surface area contributed by atoms with Gasteiger partial charge in [-0.25, -0.2) is 0 Å². The van der Waals surface area contributed by atoms with Crippen LogP contribution in [0.1, 0.15) is 12.8 Å². The summed E-state index contributed by atoms with van der Waals surface area (Å²) in [5.74, 6) is 0.00624. The average molecular weight is 256 g/mol. The van der Waals surface area contributed by atoms with E-state index in [1.165, 1.54) is 0 Å². The molecule has 1 aliphatic heterocycles. The minimum absolute atomic E-state index is 0.0264. The molecule has 7 heteroatoms. The molecule has 1 heterocycles. The van der Waals surface area contributed by atoms with Crippen molar-refractivity contribution in [3.63, 3.8) is 0 Å². The maximum atomic E-state index is 12.3. The SMILES string of the molecule is NC(=NO)C1(C(=O)N2CCN(CCO)CC2)CC1. The molecule has 0 spiro atoms. The highest BCUT2D eigenvalue weighted by Crippen LogP contribution is 2.47. The molecule has 2 aliphatic rings. The standard InChI is InChI=1S/C11H20N4O3/c12-9(13-18)11(1-2-11)10(17)15-5-3-14(4-6-15)7-8-16/h16,18H,1-8H2,(H2,12,13). The van der Waals surface area contributed by atoms with Crippen LogP contribution in [0.15, 0.2) is 5.16 Å². The molecule has 1 saturated heterocycles. The molecule has 0 aromatic carbocycles. The zero-order valence-electron chi connectivity index (χ0n) is 10.4. The summed E-state index contributed by atoms with van der Waals surface area (Å²) in [4.78, 5) is 16.2. The number of aliphatic hydroxyl groups is 1. The summed E-state index contributed by atoms with van der Waals surface area (Å²) in [7, 11) is 0. The highest BCUT2D eigenvalue weighted by Gasteiger charge is 2.55. The molecule has 102 valence electrons. The number of amidine groups is 1. The summed E-state index contributed by atoms with van der Waals surface area (Å²) in [5, 5.41) is 20.6. The van der Waals surface area contributed by atoms with Gasteiger partial charge in [0.05, 0.1) is 6.61 Å².